The molecule has 0 bridgehead atoms. The molecule has 2 rings (SSSR count). The molecule has 3 N–H and O–H groups in total. The number of nitrogens with zero attached hydrogens (tertiary/aromatic N) is 2. The molecular weight excluding hydrogens is 268 g/mol. The van der Waals surface area contributed by atoms with Gasteiger partial charge < -0.3 is 15.8 Å². The SMILES string of the molecule is Nc1ncc(C(=O)NCCN2CCOCC2)cc1Cl. The molecule has 0 atom stereocenters. The summed E-state index contributed by atoms with van der Waals surface area (Å²) < 4.78 is 5.26. The van der Waals surface area contributed by atoms with Crippen molar-refractivity contribution in [2.75, 3.05) is 45.1 Å². The van der Waals surface area contributed by atoms with Crippen molar-refractivity contribution in [2.45, 2.75) is 0 Å². The van der Waals surface area contributed by atoms with Crippen LogP contribution in [0.4, 0.5) is 5.82 Å². The zero-order valence-corrected chi connectivity index (χ0v) is 11.3. The standard InChI is InChI=1S/C12H17ClN4O2/c13-10-7-9(8-16-11(10)14)12(18)15-1-2-17-3-5-19-6-4-17/h7-8H,1-6H2,(H2,14,16)(H,15,18). The van der Waals surface area contributed by atoms with Gasteiger partial charge in [0.2, 0.25) is 0 Å². The van der Waals surface area contributed by atoms with E-state index in [-0.39, 0.29) is 11.7 Å². The van der Waals surface area contributed by atoms with E-state index in [1.165, 1.54) is 12.3 Å². The fourth-order valence-corrected chi connectivity index (χ4v) is 1.99. The van der Waals surface area contributed by atoms with Crippen molar-refractivity contribution in [3.05, 3.63) is 22.8 Å². The van der Waals surface area contributed by atoms with Crippen molar-refractivity contribution in [1.82, 2.24) is 15.2 Å². The number of morpholine rings is 1. The first-order valence-electron chi connectivity index (χ1n) is 6.16. The smallest absolute Gasteiger partial charge is 0.252 e. The van der Waals surface area contributed by atoms with Crippen LogP contribution in [0.3, 0.4) is 0 Å². The van der Waals surface area contributed by atoms with Crippen molar-refractivity contribution in [3.63, 3.8) is 0 Å². The van der Waals surface area contributed by atoms with Crippen LogP contribution in [0, 0.1) is 0 Å². The molecule has 0 radical (unpaired) electrons. The highest BCUT2D eigenvalue weighted by Crippen LogP contribution is 2.16. The number of rotatable bonds is 4. The van der Waals surface area contributed by atoms with Crippen molar-refractivity contribution in [3.8, 4) is 0 Å². The molecule has 0 unspecified atom stereocenters. The minimum Gasteiger partial charge on any atom is -0.382 e. The summed E-state index contributed by atoms with van der Waals surface area (Å²) in [5, 5.41) is 3.12. The number of halogens is 1. The van der Waals surface area contributed by atoms with Crippen LogP contribution in [-0.2, 0) is 4.74 Å². The Hall–Kier alpha value is -1.37. The molecule has 7 heteroatoms. The van der Waals surface area contributed by atoms with Gasteiger partial charge in [0, 0.05) is 32.4 Å². The van der Waals surface area contributed by atoms with Gasteiger partial charge in [0.15, 0.2) is 0 Å². The molecule has 0 spiro atoms. The Balaban J connectivity index is 1.78. The molecule has 0 aromatic carbocycles. The van der Waals surface area contributed by atoms with Crippen LogP contribution in [-0.4, -0.2) is 55.2 Å². The van der Waals surface area contributed by atoms with Gasteiger partial charge in [-0.05, 0) is 6.07 Å². The maximum Gasteiger partial charge on any atom is 0.252 e. The van der Waals surface area contributed by atoms with Gasteiger partial charge in [-0.25, -0.2) is 4.98 Å². The Morgan fingerprint density at radius 3 is 2.95 bits per heavy atom. The minimum atomic E-state index is -0.192. The molecule has 1 aliphatic heterocycles. The summed E-state index contributed by atoms with van der Waals surface area (Å²) in [6.07, 6.45) is 1.42. The first-order valence-corrected chi connectivity index (χ1v) is 6.54. The highest BCUT2D eigenvalue weighted by Gasteiger charge is 2.11. The zero-order valence-electron chi connectivity index (χ0n) is 10.6. The second-order valence-electron chi connectivity index (χ2n) is 4.30. The Morgan fingerprint density at radius 2 is 2.26 bits per heavy atom. The quantitative estimate of drug-likeness (QED) is 0.835. The van der Waals surface area contributed by atoms with Gasteiger partial charge in [0.1, 0.15) is 5.82 Å². The van der Waals surface area contributed by atoms with Gasteiger partial charge >= 0.3 is 0 Å². The van der Waals surface area contributed by atoms with E-state index in [1.807, 2.05) is 0 Å². The van der Waals surface area contributed by atoms with Gasteiger partial charge in [-0.3, -0.25) is 9.69 Å². The number of carbonyl (C=O) groups excluding carboxylic acids is 1. The van der Waals surface area contributed by atoms with Crippen molar-refractivity contribution >= 4 is 23.3 Å². The Kier molecular flexibility index (Phi) is 4.95. The molecule has 2 heterocycles. The van der Waals surface area contributed by atoms with Crippen LogP contribution in [0.15, 0.2) is 12.3 Å². The van der Waals surface area contributed by atoms with Crippen LogP contribution in [0.1, 0.15) is 10.4 Å². The number of nitrogens with two attached hydrogens (primary N) is 1. The van der Waals surface area contributed by atoms with E-state index in [9.17, 15) is 4.79 Å². The van der Waals surface area contributed by atoms with E-state index in [2.05, 4.69) is 15.2 Å². The summed E-state index contributed by atoms with van der Waals surface area (Å²) in [4.78, 5) is 18.0. The van der Waals surface area contributed by atoms with E-state index in [4.69, 9.17) is 22.1 Å². The van der Waals surface area contributed by atoms with Crippen LogP contribution in [0.2, 0.25) is 5.02 Å². The molecular formula is C12H17ClN4O2. The predicted molar refractivity (Wildman–Crippen MR) is 73.3 cm³/mol. The number of pyridine rings is 1. The topological polar surface area (TPSA) is 80.5 Å². The number of carbonyl (C=O) groups is 1. The van der Waals surface area contributed by atoms with Crippen LogP contribution < -0.4 is 11.1 Å². The third-order valence-corrected chi connectivity index (χ3v) is 3.25. The van der Waals surface area contributed by atoms with Crippen LogP contribution in [0.25, 0.3) is 0 Å². The van der Waals surface area contributed by atoms with Gasteiger partial charge in [0.25, 0.3) is 5.91 Å². The third kappa shape index (κ3) is 4.05. The molecule has 0 aliphatic carbocycles. The molecule has 1 aliphatic rings. The number of nitrogen functional groups attached to an aromatic ring is 1. The van der Waals surface area contributed by atoms with Gasteiger partial charge in [0.05, 0.1) is 23.8 Å². The van der Waals surface area contributed by atoms with Gasteiger partial charge in [-0.15, -0.1) is 0 Å². The number of aromatic nitrogens is 1. The maximum atomic E-state index is 11.9. The van der Waals surface area contributed by atoms with Gasteiger partial charge in [-0.1, -0.05) is 11.6 Å². The average molecular weight is 285 g/mol. The highest BCUT2D eigenvalue weighted by atomic mass is 35.5. The molecule has 1 aromatic rings. The van der Waals surface area contributed by atoms with Crippen molar-refractivity contribution in [1.29, 1.82) is 0 Å². The van der Waals surface area contributed by atoms with Crippen molar-refractivity contribution in [2.24, 2.45) is 0 Å². The van der Waals surface area contributed by atoms with Crippen LogP contribution in [0.5, 0.6) is 0 Å². The Bertz CT molecular complexity index is 449. The van der Waals surface area contributed by atoms with E-state index in [1.54, 1.807) is 0 Å². The normalized spacial score (nSPS) is 16.3. The maximum absolute atomic E-state index is 11.9. The molecule has 0 saturated carbocycles. The first kappa shape index (κ1) is 14.0. The molecule has 1 fully saturated rings. The number of hydrogen-bond donors (Lipinski definition) is 2. The number of amides is 1. The molecule has 1 amide bonds. The highest BCUT2D eigenvalue weighted by molar-refractivity contribution is 6.33. The fourth-order valence-electron chi connectivity index (χ4n) is 1.83. The number of nitrogens with one attached hydrogen (secondary N) is 1. The lowest BCUT2D eigenvalue weighted by Crippen LogP contribution is -2.41. The fraction of sp³-hybridized carbons (Fsp3) is 0.500. The number of anilines is 1. The van der Waals surface area contributed by atoms with Crippen molar-refractivity contribution < 1.29 is 9.53 Å². The second-order valence-corrected chi connectivity index (χ2v) is 4.71. The molecule has 1 aromatic heterocycles. The molecule has 19 heavy (non-hydrogen) atoms. The zero-order chi connectivity index (χ0) is 13.7. The Labute approximate surface area is 116 Å². The summed E-state index contributed by atoms with van der Waals surface area (Å²) in [6.45, 7) is 4.72. The third-order valence-electron chi connectivity index (χ3n) is 2.95. The first-order chi connectivity index (χ1) is 9.16. The Morgan fingerprint density at radius 1 is 1.53 bits per heavy atom. The molecule has 6 nitrogen and oxygen atoms in total. The predicted octanol–water partition coefficient (Wildman–Crippen LogP) is 0.379. The summed E-state index contributed by atoms with van der Waals surface area (Å²) >= 11 is 5.82. The van der Waals surface area contributed by atoms with E-state index < -0.39 is 0 Å². The van der Waals surface area contributed by atoms with E-state index in [0.717, 1.165) is 32.8 Å². The van der Waals surface area contributed by atoms with Crippen LogP contribution >= 0.6 is 11.6 Å². The monoisotopic (exact) mass is 284 g/mol. The summed E-state index contributed by atoms with van der Waals surface area (Å²) in [5.74, 6) is 0.0363. The summed E-state index contributed by atoms with van der Waals surface area (Å²) in [5.41, 5.74) is 5.91. The number of hydrogen-bond acceptors (Lipinski definition) is 5. The second kappa shape index (κ2) is 6.70. The number of ether oxygens (including phenoxy) is 1. The lowest BCUT2D eigenvalue weighted by Gasteiger charge is -2.26. The van der Waals surface area contributed by atoms with Gasteiger partial charge in [-0.2, -0.15) is 0 Å². The van der Waals surface area contributed by atoms with E-state index in [0.29, 0.717) is 17.1 Å². The lowest BCUT2D eigenvalue weighted by atomic mass is 10.2. The largest absolute Gasteiger partial charge is 0.382 e. The molecule has 1 saturated heterocycles. The minimum absolute atomic E-state index is 0.192. The lowest BCUT2D eigenvalue weighted by molar-refractivity contribution is 0.0383. The average Bonchev–Trinajstić information content (AvgIpc) is 2.43. The molecule has 104 valence electrons. The summed E-state index contributed by atoms with van der Waals surface area (Å²) in [7, 11) is 0. The van der Waals surface area contributed by atoms with E-state index >= 15 is 0 Å². The summed E-state index contributed by atoms with van der Waals surface area (Å²) in [6, 6.07) is 1.52.